The second-order valence-electron chi connectivity index (χ2n) is 4.57. The van der Waals surface area contributed by atoms with Gasteiger partial charge in [-0.1, -0.05) is 6.07 Å². The third kappa shape index (κ3) is 3.43. The van der Waals surface area contributed by atoms with E-state index in [0.717, 1.165) is 6.07 Å². The van der Waals surface area contributed by atoms with E-state index in [4.69, 9.17) is 0 Å². The van der Waals surface area contributed by atoms with Gasteiger partial charge in [-0.15, -0.1) is 0 Å². The first kappa shape index (κ1) is 15.1. The van der Waals surface area contributed by atoms with Crippen LogP contribution in [0.3, 0.4) is 0 Å². The summed E-state index contributed by atoms with van der Waals surface area (Å²) in [7, 11) is -3.85. The van der Waals surface area contributed by atoms with E-state index in [2.05, 4.69) is 4.72 Å². The molecule has 1 aromatic heterocycles. The molecule has 0 spiro atoms. The molecular weight excluding hydrogens is 301 g/mol. The summed E-state index contributed by atoms with van der Waals surface area (Å²) in [5.74, 6) is -0.627. The minimum absolute atomic E-state index is 0.168. The molecule has 0 aliphatic heterocycles. The number of hydrogen-bond acceptors (Lipinski definition) is 4. The van der Waals surface area contributed by atoms with Crippen molar-refractivity contribution >= 4 is 21.4 Å². The number of thiophene rings is 1. The molecule has 20 heavy (non-hydrogen) atoms. The number of halogens is 1. The van der Waals surface area contributed by atoms with Gasteiger partial charge in [0.25, 0.3) is 0 Å². The fraction of sp³-hybridized carbons (Fsp3) is 0.231. The molecule has 0 radical (unpaired) electrons. The van der Waals surface area contributed by atoms with Crippen LogP contribution in [0, 0.1) is 5.82 Å². The van der Waals surface area contributed by atoms with Crippen molar-refractivity contribution < 1.29 is 17.9 Å². The Morgan fingerprint density at radius 2 is 2.15 bits per heavy atom. The van der Waals surface area contributed by atoms with Gasteiger partial charge >= 0.3 is 0 Å². The molecule has 0 amide bonds. The summed E-state index contributed by atoms with van der Waals surface area (Å²) in [6, 6.07) is 6.44. The zero-order valence-electron chi connectivity index (χ0n) is 10.7. The second-order valence-corrected chi connectivity index (χ2v) is 7.11. The quantitative estimate of drug-likeness (QED) is 0.888. The topological polar surface area (TPSA) is 66.4 Å². The van der Waals surface area contributed by atoms with Crippen LogP contribution in [0.5, 0.6) is 0 Å². The lowest BCUT2D eigenvalue weighted by molar-refractivity contribution is 0.0632. The van der Waals surface area contributed by atoms with Crippen molar-refractivity contribution in [1.29, 1.82) is 0 Å². The zero-order valence-corrected chi connectivity index (χ0v) is 12.3. The van der Waals surface area contributed by atoms with Crippen molar-refractivity contribution in [1.82, 2.24) is 4.72 Å². The molecule has 4 nitrogen and oxygen atoms in total. The number of nitrogens with one attached hydrogen (secondary N) is 1. The van der Waals surface area contributed by atoms with Crippen LogP contribution in [-0.2, 0) is 15.6 Å². The molecule has 1 unspecified atom stereocenters. The first-order chi connectivity index (χ1) is 9.31. The summed E-state index contributed by atoms with van der Waals surface area (Å²) >= 11 is 1.41. The molecule has 0 aliphatic carbocycles. The predicted octanol–water partition coefficient (Wildman–Crippen LogP) is 2.07. The summed E-state index contributed by atoms with van der Waals surface area (Å²) in [6.45, 7) is 1.33. The van der Waals surface area contributed by atoms with Crippen LogP contribution in [0.15, 0.2) is 46.0 Å². The van der Waals surface area contributed by atoms with E-state index in [1.165, 1.54) is 36.5 Å². The summed E-state index contributed by atoms with van der Waals surface area (Å²) in [5.41, 5.74) is -0.690. The SMILES string of the molecule is CC(O)(CNS(=O)(=O)c1cccc(F)c1)c1ccsc1. The smallest absolute Gasteiger partial charge is 0.240 e. The molecular formula is C13H14FNO3S2. The first-order valence-corrected chi connectivity index (χ1v) is 8.24. The maximum absolute atomic E-state index is 13.1. The highest BCUT2D eigenvalue weighted by Crippen LogP contribution is 2.22. The Bertz CT molecular complexity index is 681. The van der Waals surface area contributed by atoms with Crippen molar-refractivity contribution in [3.05, 3.63) is 52.5 Å². The Labute approximate surface area is 120 Å². The van der Waals surface area contributed by atoms with E-state index >= 15 is 0 Å². The summed E-state index contributed by atoms with van der Waals surface area (Å²) in [6.07, 6.45) is 0. The van der Waals surface area contributed by atoms with Crippen LogP contribution >= 0.6 is 11.3 Å². The largest absolute Gasteiger partial charge is 0.384 e. The molecule has 2 aromatic rings. The van der Waals surface area contributed by atoms with Crippen molar-refractivity contribution in [2.75, 3.05) is 6.54 Å². The maximum atomic E-state index is 13.1. The third-order valence-electron chi connectivity index (χ3n) is 2.86. The van der Waals surface area contributed by atoms with Gasteiger partial charge in [-0.05, 0) is 47.5 Å². The predicted molar refractivity (Wildman–Crippen MR) is 75.5 cm³/mol. The van der Waals surface area contributed by atoms with Crippen molar-refractivity contribution in [3.8, 4) is 0 Å². The van der Waals surface area contributed by atoms with Gasteiger partial charge in [0.05, 0.1) is 4.90 Å². The molecule has 0 saturated heterocycles. The van der Waals surface area contributed by atoms with Crippen molar-refractivity contribution in [3.63, 3.8) is 0 Å². The highest BCUT2D eigenvalue weighted by molar-refractivity contribution is 7.89. The molecule has 1 heterocycles. The Morgan fingerprint density at radius 3 is 2.75 bits per heavy atom. The van der Waals surface area contributed by atoms with Gasteiger partial charge in [0.1, 0.15) is 11.4 Å². The zero-order chi connectivity index (χ0) is 14.8. The lowest BCUT2D eigenvalue weighted by Crippen LogP contribution is -2.38. The summed E-state index contributed by atoms with van der Waals surface area (Å²) in [4.78, 5) is -0.168. The molecule has 0 aliphatic rings. The van der Waals surface area contributed by atoms with E-state index in [9.17, 15) is 17.9 Å². The van der Waals surface area contributed by atoms with E-state index in [1.807, 2.05) is 0 Å². The molecule has 108 valence electrons. The van der Waals surface area contributed by atoms with Crippen molar-refractivity contribution in [2.24, 2.45) is 0 Å². The van der Waals surface area contributed by atoms with E-state index in [1.54, 1.807) is 16.8 Å². The highest BCUT2D eigenvalue weighted by atomic mass is 32.2. The van der Waals surface area contributed by atoms with Gasteiger partial charge in [-0.25, -0.2) is 17.5 Å². The molecule has 2 N–H and O–H groups in total. The Hall–Kier alpha value is -1.28. The number of aliphatic hydroxyl groups is 1. The van der Waals surface area contributed by atoms with Gasteiger partial charge in [-0.2, -0.15) is 11.3 Å². The number of sulfonamides is 1. The van der Waals surface area contributed by atoms with Crippen LogP contribution in [0.2, 0.25) is 0 Å². The molecule has 0 fully saturated rings. The first-order valence-electron chi connectivity index (χ1n) is 5.81. The third-order valence-corrected chi connectivity index (χ3v) is 4.94. The van der Waals surface area contributed by atoms with Crippen LogP contribution < -0.4 is 4.72 Å². The highest BCUT2D eigenvalue weighted by Gasteiger charge is 2.26. The second kappa shape index (κ2) is 5.61. The minimum Gasteiger partial charge on any atom is -0.384 e. The number of benzene rings is 1. The Balaban J connectivity index is 2.14. The molecule has 1 aromatic carbocycles. The van der Waals surface area contributed by atoms with Crippen LogP contribution in [-0.4, -0.2) is 20.1 Å². The molecule has 0 bridgehead atoms. The number of rotatable bonds is 5. The van der Waals surface area contributed by atoms with Gasteiger partial charge in [0.15, 0.2) is 0 Å². The monoisotopic (exact) mass is 315 g/mol. The van der Waals surface area contributed by atoms with Gasteiger partial charge < -0.3 is 5.11 Å². The number of hydrogen-bond donors (Lipinski definition) is 2. The van der Waals surface area contributed by atoms with Crippen LogP contribution in [0.25, 0.3) is 0 Å². The molecule has 1 atom stereocenters. The van der Waals surface area contributed by atoms with E-state index in [-0.39, 0.29) is 11.4 Å². The van der Waals surface area contributed by atoms with Gasteiger partial charge in [-0.3, -0.25) is 0 Å². The van der Waals surface area contributed by atoms with Gasteiger partial charge in [0, 0.05) is 6.54 Å². The van der Waals surface area contributed by atoms with Crippen molar-refractivity contribution in [2.45, 2.75) is 17.4 Å². The average molecular weight is 315 g/mol. The summed E-state index contributed by atoms with van der Waals surface area (Å²) < 4.78 is 39.4. The Morgan fingerprint density at radius 1 is 1.40 bits per heavy atom. The lowest BCUT2D eigenvalue weighted by Gasteiger charge is -2.22. The fourth-order valence-corrected chi connectivity index (χ4v) is 3.57. The fourth-order valence-electron chi connectivity index (χ4n) is 1.63. The summed E-state index contributed by atoms with van der Waals surface area (Å²) in [5, 5.41) is 13.8. The molecule has 7 heteroatoms. The average Bonchev–Trinajstić information content (AvgIpc) is 2.91. The van der Waals surface area contributed by atoms with E-state index in [0.29, 0.717) is 5.56 Å². The minimum atomic E-state index is -3.85. The molecule has 2 rings (SSSR count). The normalized spacial score (nSPS) is 14.9. The maximum Gasteiger partial charge on any atom is 0.240 e. The lowest BCUT2D eigenvalue weighted by atomic mass is 10.0. The van der Waals surface area contributed by atoms with Gasteiger partial charge in [0.2, 0.25) is 10.0 Å². The van der Waals surface area contributed by atoms with E-state index < -0.39 is 21.4 Å². The van der Waals surface area contributed by atoms with Crippen LogP contribution in [0.1, 0.15) is 12.5 Å². The van der Waals surface area contributed by atoms with Crippen LogP contribution in [0.4, 0.5) is 4.39 Å². The standard InChI is InChI=1S/C13H14FNO3S2/c1-13(16,10-5-6-19-8-10)9-15-20(17,18)12-4-2-3-11(14)7-12/h2-8,15-16H,9H2,1H3. The Kier molecular flexibility index (Phi) is 4.24. The molecule has 0 saturated carbocycles.